The molecule has 5 aromatic rings. The summed E-state index contributed by atoms with van der Waals surface area (Å²) in [5.74, 6) is 0.383. The van der Waals surface area contributed by atoms with Gasteiger partial charge in [-0.2, -0.15) is 0 Å². The molecule has 34 heavy (non-hydrogen) atoms. The largest absolute Gasteiger partial charge is 0.453 e. The summed E-state index contributed by atoms with van der Waals surface area (Å²) in [6, 6.07) is 15.0. The van der Waals surface area contributed by atoms with Crippen molar-refractivity contribution in [1.82, 2.24) is 19.1 Å². The lowest BCUT2D eigenvalue weighted by Gasteiger charge is -2.09. The standard InChI is InChI=1S/C25H20ClN5O3/c1-14-4-7-17(11-19(14)26)31-23-18-10-15(16-6-9-22(28-12-16)29-24(32)34-3)5-8-20(18)27-13-21(23)30(2)25(31)33/h4-13H,1-3H3,(H,28,29,32). The van der Waals surface area contributed by atoms with Gasteiger partial charge in [0, 0.05) is 29.2 Å². The van der Waals surface area contributed by atoms with Gasteiger partial charge in [-0.15, -0.1) is 0 Å². The van der Waals surface area contributed by atoms with E-state index in [4.69, 9.17) is 11.6 Å². The third-order valence-corrected chi connectivity index (χ3v) is 6.22. The number of ether oxygens (including phenoxy) is 1. The molecule has 2 aromatic carbocycles. The lowest BCUT2D eigenvalue weighted by Crippen LogP contribution is -2.20. The van der Waals surface area contributed by atoms with Crippen molar-refractivity contribution in [2.24, 2.45) is 7.05 Å². The number of hydrogen-bond acceptors (Lipinski definition) is 5. The van der Waals surface area contributed by atoms with E-state index in [0.29, 0.717) is 22.0 Å². The summed E-state index contributed by atoms with van der Waals surface area (Å²) in [6.07, 6.45) is 2.79. The molecule has 1 amide bonds. The number of aryl methyl sites for hydroxylation is 2. The number of hydrogen-bond donors (Lipinski definition) is 1. The summed E-state index contributed by atoms with van der Waals surface area (Å²) in [5, 5.41) is 3.94. The first-order valence-corrected chi connectivity index (χ1v) is 10.8. The first-order chi connectivity index (χ1) is 16.4. The topological polar surface area (TPSA) is 91.0 Å². The molecular weight excluding hydrogens is 454 g/mol. The van der Waals surface area contributed by atoms with Gasteiger partial charge < -0.3 is 4.74 Å². The second-order valence-electron chi connectivity index (χ2n) is 7.88. The third kappa shape index (κ3) is 3.58. The molecule has 0 saturated carbocycles. The molecule has 3 aromatic heterocycles. The Hall–Kier alpha value is -4.17. The zero-order valence-corrected chi connectivity index (χ0v) is 19.4. The van der Waals surface area contributed by atoms with Crippen LogP contribution in [0, 0.1) is 6.92 Å². The van der Waals surface area contributed by atoms with Crippen molar-refractivity contribution in [2.75, 3.05) is 12.4 Å². The van der Waals surface area contributed by atoms with Gasteiger partial charge in [0.05, 0.1) is 35.5 Å². The van der Waals surface area contributed by atoms with E-state index in [1.807, 2.05) is 43.3 Å². The minimum atomic E-state index is -0.585. The molecule has 9 heteroatoms. The van der Waals surface area contributed by atoms with Crippen LogP contribution in [0.4, 0.5) is 10.6 Å². The molecule has 0 aliphatic rings. The Balaban J connectivity index is 1.71. The fourth-order valence-corrected chi connectivity index (χ4v) is 4.11. The van der Waals surface area contributed by atoms with Gasteiger partial charge in [0.25, 0.3) is 0 Å². The van der Waals surface area contributed by atoms with Gasteiger partial charge in [-0.25, -0.2) is 14.6 Å². The number of methoxy groups -OCH3 is 1. The van der Waals surface area contributed by atoms with E-state index in [-0.39, 0.29) is 5.69 Å². The minimum absolute atomic E-state index is 0.186. The number of amides is 1. The van der Waals surface area contributed by atoms with Gasteiger partial charge in [0.2, 0.25) is 0 Å². The van der Waals surface area contributed by atoms with Gasteiger partial charge >= 0.3 is 11.8 Å². The van der Waals surface area contributed by atoms with Crippen LogP contribution in [0.1, 0.15) is 5.56 Å². The smallest absolute Gasteiger partial charge is 0.412 e. The van der Waals surface area contributed by atoms with Gasteiger partial charge in [-0.1, -0.05) is 23.7 Å². The lowest BCUT2D eigenvalue weighted by molar-refractivity contribution is 0.187. The maximum Gasteiger partial charge on any atom is 0.412 e. The zero-order valence-electron chi connectivity index (χ0n) is 18.7. The number of nitrogens with one attached hydrogen (secondary N) is 1. The predicted octanol–water partition coefficient (Wildman–Crippen LogP) is 5.08. The van der Waals surface area contributed by atoms with Gasteiger partial charge in [0.1, 0.15) is 5.82 Å². The number of fused-ring (bicyclic) bond motifs is 3. The molecule has 0 bridgehead atoms. The van der Waals surface area contributed by atoms with Gasteiger partial charge in [0.15, 0.2) is 0 Å². The van der Waals surface area contributed by atoms with Crippen molar-refractivity contribution >= 4 is 45.4 Å². The van der Waals surface area contributed by atoms with E-state index in [1.54, 1.807) is 40.7 Å². The number of pyridine rings is 2. The molecule has 5 rings (SSSR count). The van der Waals surface area contributed by atoms with Crippen molar-refractivity contribution in [3.8, 4) is 16.8 Å². The molecule has 0 radical (unpaired) electrons. The van der Waals surface area contributed by atoms with Crippen molar-refractivity contribution in [1.29, 1.82) is 0 Å². The first-order valence-electron chi connectivity index (χ1n) is 10.5. The van der Waals surface area contributed by atoms with Crippen LogP contribution in [0.15, 0.2) is 65.7 Å². The first kappa shape index (κ1) is 21.7. The molecule has 0 aliphatic heterocycles. The van der Waals surface area contributed by atoms with E-state index in [2.05, 4.69) is 20.0 Å². The predicted molar refractivity (Wildman–Crippen MR) is 133 cm³/mol. The summed E-state index contributed by atoms with van der Waals surface area (Å²) in [7, 11) is 3.02. The van der Waals surface area contributed by atoms with E-state index < -0.39 is 6.09 Å². The van der Waals surface area contributed by atoms with Crippen LogP contribution >= 0.6 is 11.6 Å². The van der Waals surface area contributed by atoms with Crippen LogP contribution < -0.4 is 11.0 Å². The highest BCUT2D eigenvalue weighted by Gasteiger charge is 2.17. The molecule has 0 saturated heterocycles. The fraction of sp³-hybridized carbons (Fsp3) is 0.120. The Bertz CT molecular complexity index is 1640. The quantitative estimate of drug-likeness (QED) is 0.394. The second-order valence-corrected chi connectivity index (χ2v) is 8.29. The molecule has 3 heterocycles. The minimum Gasteiger partial charge on any atom is -0.453 e. The SMILES string of the molecule is COC(=O)Nc1ccc(-c2ccc3ncc4c(c3c2)n(-c2ccc(C)c(Cl)c2)c(=O)n4C)cn1. The van der Waals surface area contributed by atoms with Crippen LogP contribution in [0.25, 0.3) is 38.8 Å². The highest BCUT2D eigenvalue weighted by molar-refractivity contribution is 6.31. The summed E-state index contributed by atoms with van der Waals surface area (Å²) >= 11 is 6.38. The molecule has 0 unspecified atom stereocenters. The normalized spacial score (nSPS) is 11.2. The third-order valence-electron chi connectivity index (χ3n) is 5.81. The molecule has 8 nitrogen and oxygen atoms in total. The number of nitrogens with zero attached hydrogens (tertiary/aromatic N) is 4. The van der Waals surface area contributed by atoms with Crippen LogP contribution in [0.5, 0.6) is 0 Å². The maximum absolute atomic E-state index is 13.2. The van der Waals surface area contributed by atoms with Crippen molar-refractivity contribution in [3.05, 3.63) is 82.0 Å². The summed E-state index contributed by atoms with van der Waals surface area (Å²) < 4.78 is 7.84. The highest BCUT2D eigenvalue weighted by atomic mass is 35.5. The zero-order chi connectivity index (χ0) is 24.0. The van der Waals surface area contributed by atoms with E-state index >= 15 is 0 Å². The fourth-order valence-electron chi connectivity index (χ4n) is 3.93. The van der Waals surface area contributed by atoms with E-state index in [0.717, 1.165) is 33.1 Å². The number of carbonyl (C=O) groups is 1. The summed E-state index contributed by atoms with van der Waals surface area (Å²) in [4.78, 5) is 33.5. The molecule has 1 N–H and O–H groups in total. The highest BCUT2D eigenvalue weighted by Crippen LogP contribution is 2.30. The molecule has 0 atom stereocenters. The summed E-state index contributed by atoms with van der Waals surface area (Å²) in [6.45, 7) is 1.92. The average molecular weight is 474 g/mol. The lowest BCUT2D eigenvalue weighted by atomic mass is 10.0. The molecule has 0 aliphatic carbocycles. The van der Waals surface area contributed by atoms with E-state index in [9.17, 15) is 9.59 Å². The van der Waals surface area contributed by atoms with Crippen molar-refractivity contribution < 1.29 is 9.53 Å². The molecular formula is C25H20ClN5O3. The van der Waals surface area contributed by atoms with Crippen LogP contribution in [0.2, 0.25) is 5.02 Å². The van der Waals surface area contributed by atoms with E-state index in [1.165, 1.54) is 7.11 Å². The van der Waals surface area contributed by atoms with Crippen LogP contribution in [-0.2, 0) is 11.8 Å². The summed E-state index contributed by atoms with van der Waals surface area (Å²) in [5.41, 5.74) is 5.38. The Morgan fingerprint density at radius 2 is 1.82 bits per heavy atom. The Labute approximate surface area is 199 Å². The van der Waals surface area contributed by atoms with Crippen LogP contribution in [-0.4, -0.2) is 32.3 Å². The number of anilines is 1. The van der Waals surface area contributed by atoms with Crippen molar-refractivity contribution in [2.45, 2.75) is 6.92 Å². The molecule has 0 spiro atoms. The van der Waals surface area contributed by atoms with Gasteiger partial charge in [-0.05, 0) is 54.4 Å². The Morgan fingerprint density at radius 3 is 2.53 bits per heavy atom. The Kier molecular flexibility index (Phi) is 5.30. The number of halogens is 1. The number of rotatable bonds is 3. The van der Waals surface area contributed by atoms with Crippen LogP contribution in [0.3, 0.4) is 0 Å². The monoisotopic (exact) mass is 473 g/mol. The number of carbonyl (C=O) groups excluding carboxylic acids is 1. The maximum atomic E-state index is 13.2. The molecule has 0 fully saturated rings. The Morgan fingerprint density at radius 1 is 1.03 bits per heavy atom. The number of benzene rings is 2. The number of aromatic nitrogens is 4. The van der Waals surface area contributed by atoms with Gasteiger partial charge in [-0.3, -0.25) is 19.4 Å². The second kappa shape index (κ2) is 8.31. The van der Waals surface area contributed by atoms with Crippen molar-refractivity contribution in [3.63, 3.8) is 0 Å². The molecule has 170 valence electrons. The number of imidazole rings is 1. The average Bonchev–Trinajstić information content (AvgIpc) is 3.11.